The van der Waals surface area contributed by atoms with Crippen molar-refractivity contribution < 1.29 is 18.4 Å². The second kappa shape index (κ2) is 5.97. The molecule has 7 nitrogen and oxygen atoms in total. The quantitative estimate of drug-likeness (QED) is 0.506. The zero-order valence-corrected chi connectivity index (χ0v) is 13.7. The molecule has 1 aliphatic heterocycles. The van der Waals surface area contributed by atoms with Gasteiger partial charge in [0, 0.05) is 12.1 Å². The summed E-state index contributed by atoms with van der Waals surface area (Å²) in [7, 11) is -3.73. The second-order valence-electron chi connectivity index (χ2n) is 5.69. The molecule has 24 heavy (non-hydrogen) atoms. The Bertz CT molecular complexity index is 862. The molecule has 1 heterocycles. The number of aryl methyl sites for hydroxylation is 1. The van der Waals surface area contributed by atoms with E-state index in [9.17, 15) is 23.6 Å². The number of sulfonamides is 1. The van der Waals surface area contributed by atoms with E-state index in [4.69, 9.17) is 0 Å². The Kier molecular flexibility index (Phi) is 4.12. The van der Waals surface area contributed by atoms with Gasteiger partial charge in [-0.1, -0.05) is 29.8 Å². The maximum Gasteiger partial charge on any atom is 0.269 e. The number of rotatable bonds is 5. The number of non-ortho nitro benzene ring substituents is 1. The lowest BCUT2D eigenvalue weighted by Crippen LogP contribution is -2.16. The van der Waals surface area contributed by atoms with Gasteiger partial charge in [0.15, 0.2) is 0 Å². The van der Waals surface area contributed by atoms with E-state index in [1.54, 1.807) is 12.1 Å². The van der Waals surface area contributed by atoms with Crippen molar-refractivity contribution in [2.75, 3.05) is 6.61 Å². The smallest absolute Gasteiger partial charge is 0.269 e. The third kappa shape index (κ3) is 2.79. The molecular weight excluding hydrogens is 332 g/mol. The first-order valence-electron chi connectivity index (χ1n) is 7.31. The van der Waals surface area contributed by atoms with Gasteiger partial charge in [-0.25, -0.2) is 8.42 Å². The molecule has 1 N–H and O–H groups in total. The predicted molar refractivity (Wildman–Crippen MR) is 86.9 cm³/mol. The van der Waals surface area contributed by atoms with Crippen LogP contribution in [0.2, 0.25) is 0 Å². The summed E-state index contributed by atoms with van der Waals surface area (Å²) in [6.07, 6.45) is 0. The summed E-state index contributed by atoms with van der Waals surface area (Å²) in [6.45, 7) is 1.55. The first kappa shape index (κ1) is 16.6. The standard InChI is InChI=1S/C16H16N2O5S/c1-11-2-8-14(9-3-11)24(22,23)17-15(10-19)16(17)12-4-6-13(7-5-12)18(20)21/h2-9,15-16,19H,10H2,1H3/t15-,16+,17?/m1/s1. The summed E-state index contributed by atoms with van der Waals surface area (Å²) in [5, 5.41) is 20.2. The largest absolute Gasteiger partial charge is 0.395 e. The number of benzene rings is 2. The van der Waals surface area contributed by atoms with Crippen molar-refractivity contribution in [1.29, 1.82) is 0 Å². The lowest BCUT2D eigenvalue weighted by molar-refractivity contribution is -0.384. The van der Waals surface area contributed by atoms with Crippen molar-refractivity contribution in [2.24, 2.45) is 0 Å². The minimum Gasteiger partial charge on any atom is -0.395 e. The van der Waals surface area contributed by atoms with Gasteiger partial charge >= 0.3 is 0 Å². The second-order valence-corrected chi connectivity index (χ2v) is 7.53. The highest BCUT2D eigenvalue weighted by atomic mass is 32.2. The predicted octanol–water partition coefficient (Wildman–Crippen LogP) is 2.01. The van der Waals surface area contributed by atoms with Crippen molar-refractivity contribution in [3.63, 3.8) is 0 Å². The summed E-state index contributed by atoms with van der Waals surface area (Å²) >= 11 is 0. The minimum atomic E-state index is -3.73. The average molecular weight is 348 g/mol. The topological polar surface area (TPSA) is 101 Å². The van der Waals surface area contributed by atoms with Crippen LogP contribution in [0.1, 0.15) is 17.2 Å². The van der Waals surface area contributed by atoms with E-state index >= 15 is 0 Å². The summed E-state index contributed by atoms with van der Waals surface area (Å²) in [5.74, 6) is 0. The Morgan fingerprint density at radius 1 is 1.12 bits per heavy atom. The molecular formula is C16H16N2O5S. The van der Waals surface area contributed by atoms with E-state index in [0.29, 0.717) is 5.56 Å². The van der Waals surface area contributed by atoms with Gasteiger partial charge in [0.05, 0.1) is 28.5 Å². The number of nitrogens with zero attached hydrogens (tertiary/aromatic N) is 2. The van der Waals surface area contributed by atoms with Crippen LogP contribution >= 0.6 is 0 Å². The van der Waals surface area contributed by atoms with E-state index in [1.165, 1.54) is 40.7 Å². The molecule has 1 unspecified atom stereocenters. The van der Waals surface area contributed by atoms with Crippen LogP contribution in [0.25, 0.3) is 0 Å². The van der Waals surface area contributed by atoms with E-state index in [1.807, 2.05) is 6.92 Å². The van der Waals surface area contributed by atoms with Crippen molar-refractivity contribution in [2.45, 2.75) is 23.9 Å². The Morgan fingerprint density at radius 3 is 2.21 bits per heavy atom. The molecule has 1 aliphatic rings. The highest BCUT2D eigenvalue weighted by Gasteiger charge is 2.55. The highest BCUT2D eigenvalue weighted by Crippen LogP contribution is 2.47. The normalized spacial score (nSPS) is 23.0. The molecule has 1 fully saturated rings. The van der Waals surface area contributed by atoms with Crippen LogP contribution in [0.15, 0.2) is 53.4 Å². The molecule has 126 valence electrons. The summed E-state index contributed by atoms with van der Waals surface area (Å²) in [4.78, 5) is 10.4. The van der Waals surface area contributed by atoms with E-state index < -0.39 is 27.0 Å². The Labute approximate surface area is 139 Å². The van der Waals surface area contributed by atoms with Crippen LogP contribution < -0.4 is 0 Å². The fourth-order valence-corrected chi connectivity index (χ4v) is 4.53. The van der Waals surface area contributed by atoms with Gasteiger partial charge < -0.3 is 5.11 Å². The zero-order chi connectivity index (χ0) is 17.5. The lowest BCUT2D eigenvalue weighted by atomic mass is 10.1. The summed E-state index contributed by atoms with van der Waals surface area (Å²) in [5.41, 5.74) is 1.51. The first-order chi connectivity index (χ1) is 11.4. The van der Waals surface area contributed by atoms with Crippen LogP contribution in [-0.4, -0.2) is 35.4 Å². The fourth-order valence-electron chi connectivity index (χ4n) is 2.76. The van der Waals surface area contributed by atoms with E-state index in [2.05, 4.69) is 0 Å². The van der Waals surface area contributed by atoms with Gasteiger partial charge in [0.1, 0.15) is 0 Å². The molecule has 0 spiro atoms. The molecule has 3 rings (SSSR count). The number of nitro groups is 1. The van der Waals surface area contributed by atoms with Gasteiger partial charge in [0.25, 0.3) is 5.69 Å². The molecule has 0 aliphatic carbocycles. The Hall–Kier alpha value is -2.29. The van der Waals surface area contributed by atoms with Crippen molar-refractivity contribution in [3.05, 3.63) is 69.8 Å². The van der Waals surface area contributed by atoms with Gasteiger partial charge in [-0.2, -0.15) is 4.31 Å². The average Bonchev–Trinajstić information content (AvgIpc) is 3.31. The van der Waals surface area contributed by atoms with Gasteiger partial charge in [0.2, 0.25) is 10.0 Å². The molecule has 0 bridgehead atoms. The number of aliphatic hydroxyl groups excluding tert-OH is 1. The number of hydrogen-bond acceptors (Lipinski definition) is 5. The van der Waals surface area contributed by atoms with Gasteiger partial charge in [-0.3, -0.25) is 10.1 Å². The van der Waals surface area contributed by atoms with Crippen LogP contribution in [-0.2, 0) is 10.0 Å². The van der Waals surface area contributed by atoms with Crippen LogP contribution in [0.4, 0.5) is 5.69 Å². The molecule has 0 radical (unpaired) electrons. The third-order valence-electron chi connectivity index (χ3n) is 4.10. The molecule has 2 aromatic carbocycles. The molecule has 0 aromatic heterocycles. The number of hydrogen-bond donors (Lipinski definition) is 1. The van der Waals surface area contributed by atoms with Crippen LogP contribution in [0.3, 0.4) is 0 Å². The maximum absolute atomic E-state index is 12.7. The highest BCUT2D eigenvalue weighted by molar-refractivity contribution is 7.89. The molecule has 0 saturated carbocycles. The lowest BCUT2D eigenvalue weighted by Gasteiger charge is -2.07. The SMILES string of the molecule is Cc1ccc(S(=O)(=O)N2[C@H](CO)[C@@H]2c2ccc([N+](=O)[O-])cc2)cc1. The van der Waals surface area contributed by atoms with Crippen molar-refractivity contribution >= 4 is 15.7 Å². The van der Waals surface area contributed by atoms with Crippen LogP contribution in [0.5, 0.6) is 0 Å². The third-order valence-corrected chi connectivity index (χ3v) is 6.03. The van der Waals surface area contributed by atoms with Crippen molar-refractivity contribution in [1.82, 2.24) is 4.31 Å². The molecule has 2 aromatic rings. The van der Waals surface area contributed by atoms with Crippen molar-refractivity contribution in [3.8, 4) is 0 Å². The van der Waals surface area contributed by atoms with Crippen LogP contribution in [0, 0.1) is 17.0 Å². The monoisotopic (exact) mass is 348 g/mol. The minimum absolute atomic E-state index is 0.0621. The summed E-state index contributed by atoms with van der Waals surface area (Å²) in [6, 6.07) is 11.1. The zero-order valence-electron chi connectivity index (χ0n) is 12.9. The molecule has 8 heteroatoms. The van der Waals surface area contributed by atoms with Gasteiger partial charge in [-0.05, 0) is 24.6 Å². The number of aliphatic hydroxyl groups is 1. The van der Waals surface area contributed by atoms with E-state index in [-0.39, 0.29) is 17.2 Å². The molecule has 0 amide bonds. The van der Waals surface area contributed by atoms with Gasteiger partial charge in [-0.15, -0.1) is 0 Å². The fraction of sp³-hybridized carbons (Fsp3) is 0.250. The summed E-state index contributed by atoms with van der Waals surface area (Å²) < 4.78 is 26.7. The molecule has 3 atom stereocenters. The molecule has 1 saturated heterocycles. The Balaban J connectivity index is 1.91. The number of nitro benzene ring substituents is 1. The van der Waals surface area contributed by atoms with E-state index in [0.717, 1.165) is 5.56 Å². The maximum atomic E-state index is 12.7. The first-order valence-corrected chi connectivity index (χ1v) is 8.75. The Morgan fingerprint density at radius 2 is 1.71 bits per heavy atom.